The summed E-state index contributed by atoms with van der Waals surface area (Å²) in [5.74, 6) is 0. The number of halogens is 1. The second-order valence-corrected chi connectivity index (χ2v) is 4.41. The van der Waals surface area contributed by atoms with Gasteiger partial charge in [-0.1, -0.05) is 13.0 Å². The van der Waals surface area contributed by atoms with Gasteiger partial charge in [0.15, 0.2) is 0 Å². The summed E-state index contributed by atoms with van der Waals surface area (Å²) in [7, 11) is 0. The van der Waals surface area contributed by atoms with E-state index in [0.717, 1.165) is 12.8 Å². The number of anilines is 1. The highest BCUT2D eigenvalue weighted by atomic mass is 127. The molecule has 0 amide bonds. The Morgan fingerprint density at radius 2 is 2.31 bits per heavy atom. The lowest BCUT2D eigenvalue weighted by Gasteiger charge is -2.18. The van der Waals surface area contributed by atoms with E-state index in [-0.39, 0.29) is 0 Å². The minimum absolute atomic E-state index is 1.11. The van der Waals surface area contributed by atoms with E-state index in [1.165, 1.54) is 20.4 Å². The predicted molar refractivity (Wildman–Crippen MR) is 64.9 cm³/mol. The highest BCUT2D eigenvalue weighted by Crippen LogP contribution is 2.28. The summed E-state index contributed by atoms with van der Waals surface area (Å²) in [6.07, 6.45) is 4.38. The third-order valence-corrected chi connectivity index (χ3v) is 3.42. The molecule has 0 radical (unpaired) electrons. The monoisotopic (exact) mass is 285 g/mol. The molecule has 1 aliphatic rings. The first-order chi connectivity index (χ1) is 6.31. The highest BCUT2D eigenvalue weighted by molar-refractivity contribution is 14.1. The zero-order chi connectivity index (χ0) is 9.26. The molecule has 0 aliphatic carbocycles. The van der Waals surface area contributed by atoms with Crippen molar-refractivity contribution in [3.8, 4) is 0 Å². The maximum absolute atomic E-state index is 3.34. The molecule has 2 heteroatoms. The third-order valence-electron chi connectivity index (χ3n) is 2.41. The highest BCUT2D eigenvalue weighted by Gasteiger charge is 2.11. The van der Waals surface area contributed by atoms with Gasteiger partial charge in [-0.15, -0.1) is 0 Å². The van der Waals surface area contributed by atoms with Crippen LogP contribution in [-0.4, -0.2) is 0 Å². The lowest BCUT2D eigenvalue weighted by molar-refractivity contribution is 0.980. The Balaban J connectivity index is 2.39. The van der Waals surface area contributed by atoms with Gasteiger partial charge >= 0.3 is 0 Å². The molecule has 13 heavy (non-hydrogen) atoms. The normalized spacial score (nSPS) is 14.5. The van der Waals surface area contributed by atoms with Gasteiger partial charge in [0.25, 0.3) is 0 Å². The third kappa shape index (κ3) is 1.73. The molecule has 0 atom stereocenters. The molecule has 2 rings (SSSR count). The largest absolute Gasteiger partial charge is 0.361 e. The van der Waals surface area contributed by atoms with Crippen LogP contribution in [0, 0.1) is 3.57 Å². The molecular weight excluding hydrogens is 273 g/mol. The van der Waals surface area contributed by atoms with E-state index in [4.69, 9.17) is 0 Å². The number of nitrogens with one attached hydrogen (secondary N) is 1. The first-order valence-electron chi connectivity index (χ1n) is 4.53. The summed E-state index contributed by atoms with van der Waals surface area (Å²) < 4.78 is 1.36. The molecule has 0 saturated heterocycles. The fourth-order valence-electron chi connectivity index (χ4n) is 1.56. The Labute approximate surface area is 92.4 Å². The number of hydrogen-bond acceptors (Lipinski definition) is 1. The standard InChI is InChI=1S/C11H12IN/c1-2-8-6-9-10(12)4-3-5-11(9)13-7-8/h3-5,7,13H,2,6H2,1H3. The van der Waals surface area contributed by atoms with E-state index in [1.54, 1.807) is 0 Å². The maximum atomic E-state index is 3.34. The number of allylic oxidation sites excluding steroid dienone is 1. The van der Waals surface area contributed by atoms with Crippen molar-refractivity contribution in [1.29, 1.82) is 0 Å². The summed E-state index contributed by atoms with van der Waals surface area (Å²) in [6.45, 7) is 2.20. The van der Waals surface area contributed by atoms with Crippen LogP contribution in [0.1, 0.15) is 18.9 Å². The second-order valence-electron chi connectivity index (χ2n) is 3.24. The molecule has 68 valence electrons. The van der Waals surface area contributed by atoms with E-state index in [0.29, 0.717) is 0 Å². The Morgan fingerprint density at radius 1 is 1.46 bits per heavy atom. The van der Waals surface area contributed by atoms with Crippen molar-refractivity contribution >= 4 is 28.3 Å². The molecule has 1 N–H and O–H groups in total. The van der Waals surface area contributed by atoms with E-state index < -0.39 is 0 Å². The van der Waals surface area contributed by atoms with Crippen LogP contribution in [0.15, 0.2) is 30.0 Å². The predicted octanol–water partition coefficient (Wildman–Crippen LogP) is 3.55. The van der Waals surface area contributed by atoms with Gasteiger partial charge in [0.1, 0.15) is 0 Å². The molecule has 1 aliphatic heterocycles. The fraction of sp³-hybridized carbons (Fsp3) is 0.273. The Bertz CT molecular complexity index is 355. The van der Waals surface area contributed by atoms with Gasteiger partial charge in [0, 0.05) is 15.5 Å². The quantitative estimate of drug-likeness (QED) is 0.778. The van der Waals surface area contributed by atoms with Gasteiger partial charge in [0.2, 0.25) is 0 Å². The van der Waals surface area contributed by atoms with Gasteiger partial charge in [-0.2, -0.15) is 0 Å². The SMILES string of the molecule is CCC1=CNc2cccc(I)c2C1. The molecule has 1 aromatic carbocycles. The van der Waals surface area contributed by atoms with Crippen LogP contribution < -0.4 is 5.32 Å². The number of rotatable bonds is 1. The zero-order valence-electron chi connectivity index (χ0n) is 7.60. The van der Waals surface area contributed by atoms with Gasteiger partial charge in [-0.25, -0.2) is 0 Å². The van der Waals surface area contributed by atoms with Gasteiger partial charge in [-0.3, -0.25) is 0 Å². The Morgan fingerprint density at radius 3 is 3.08 bits per heavy atom. The number of fused-ring (bicyclic) bond motifs is 1. The lowest BCUT2D eigenvalue weighted by Crippen LogP contribution is -2.06. The van der Waals surface area contributed by atoms with Gasteiger partial charge < -0.3 is 5.32 Å². The fourth-order valence-corrected chi connectivity index (χ4v) is 2.25. The van der Waals surface area contributed by atoms with E-state index >= 15 is 0 Å². The average molecular weight is 285 g/mol. The minimum Gasteiger partial charge on any atom is -0.361 e. The molecule has 0 bridgehead atoms. The van der Waals surface area contributed by atoms with Crippen LogP contribution in [0.5, 0.6) is 0 Å². The van der Waals surface area contributed by atoms with Crippen LogP contribution >= 0.6 is 22.6 Å². The van der Waals surface area contributed by atoms with Crippen molar-refractivity contribution in [2.24, 2.45) is 0 Å². The molecule has 0 aromatic heterocycles. The number of benzene rings is 1. The minimum atomic E-state index is 1.11. The van der Waals surface area contributed by atoms with Crippen molar-refractivity contribution < 1.29 is 0 Å². The van der Waals surface area contributed by atoms with Crippen LogP contribution in [0.2, 0.25) is 0 Å². The summed E-state index contributed by atoms with van der Waals surface area (Å²) in [5.41, 5.74) is 4.20. The molecule has 0 unspecified atom stereocenters. The van der Waals surface area contributed by atoms with E-state index in [2.05, 4.69) is 59.2 Å². The van der Waals surface area contributed by atoms with Crippen molar-refractivity contribution in [1.82, 2.24) is 0 Å². The van der Waals surface area contributed by atoms with Crippen LogP contribution in [-0.2, 0) is 6.42 Å². The molecule has 1 nitrogen and oxygen atoms in total. The summed E-state index contributed by atoms with van der Waals surface area (Å²) in [5, 5.41) is 3.34. The second kappa shape index (κ2) is 3.70. The smallest absolute Gasteiger partial charge is 0.0426 e. The van der Waals surface area contributed by atoms with Crippen LogP contribution in [0.3, 0.4) is 0 Å². The average Bonchev–Trinajstić information content (AvgIpc) is 2.18. The van der Waals surface area contributed by atoms with Crippen molar-refractivity contribution in [3.63, 3.8) is 0 Å². The first-order valence-corrected chi connectivity index (χ1v) is 5.61. The van der Waals surface area contributed by atoms with Crippen molar-refractivity contribution in [2.75, 3.05) is 5.32 Å². The topological polar surface area (TPSA) is 12.0 Å². The Hall–Kier alpha value is -0.510. The first kappa shape index (κ1) is 9.06. The summed E-state index contributed by atoms with van der Waals surface area (Å²) in [4.78, 5) is 0. The lowest BCUT2D eigenvalue weighted by atomic mass is 9.99. The molecule has 0 spiro atoms. The van der Waals surface area contributed by atoms with Crippen molar-refractivity contribution in [2.45, 2.75) is 19.8 Å². The summed E-state index contributed by atoms with van der Waals surface area (Å²) >= 11 is 2.40. The van der Waals surface area contributed by atoms with E-state index in [1.807, 2.05) is 0 Å². The number of hydrogen-bond donors (Lipinski definition) is 1. The van der Waals surface area contributed by atoms with Crippen molar-refractivity contribution in [3.05, 3.63) is 39.1 Å². The van der Waals surface area contributed by atoms with Gasteiger partial charge in [-0.05, 0) is 58.7 Å². The molecule has 0 saturated carbocycles. The van der Waals surface area contributed by atoms with Crippen LogP contribution in [0.25, 0.3) is 0 Å². The summed E-state index contributed by atoms with van der Waals surface area (Å²) in [6, 6.07) is 6.40. The van der Waals surface area contributed by atoms with Crippen LogP contribution in [0.4, 0.5) is 5.69 Å². The maximum Gasteiger partial charge on any atom is 0.0426 e. The van der Waals surface area contributed by atoms with Gasteiger partial charge in [0.05, 0.1) is 0 Å². The van der Waals surface area contributed by atoms with E-state index in [9.17, 15) is 0 Å². The molecule has 1 aromatic rings. The molecule has 0 fully saturated rings. The molecular formula is C11H12IN. The molecule has 1 heterocycles. The zero-order valence-corrected chi connectivity index (χ0v) is 9.76. The Kier molecular flexibility index (Phi) is 2.58.